The average Bonchev–Trinajstić information content (AvgIpc) is 2.73. The smallest absolute Gasteiger partial charge is 0.412 e. The summed E-state index contributed by atoms with van der Waals surface area (Å²) in [6.45, 7) is 5.29. The van der Waals surface area contributed by atoms with Crippen LogP contribution in [0.15, 0.2) is 59.5 Å². The first kappa shape index (κ1) is 20.4. The number of methoxy groups -OCH3 is 1. The summed E-state index contributed by atoms with van der Waals surface area (Å²) in [5, 5.41) is 4.22. The fraction of sp³-hybridized carbons (Fsp3) is 0.208. The summed E-state index contributed by atoms with van der Waals surface area (Å²) in [6, 6.07) is 14.8. The summed E-state index contributed by atoms with van der Waals surface area (Å²) >= 11 is 0. The molecule has 0 spiro atoms. The number of carbonyl (C=O) groups excluding carboxylic acids is 1. The molecule has 2 N–H and O–H groups in total. The molecule has 0 saturated heterocycles. The molecule has 0 unspecified atom stereocenters. The molecule has 2 aromatic heterocycles. The van der Waals surface area contributed by atoms with Gasteiger partial charge in [0.15, 0.2) is 0 Å². The Morgan fingerprint density at radius 3 is 2.61 bits per heavy atom. The molecule has 2 aromatic carbocycles. The predicted molar refractivity (Wildman–Crippen MR) is 122 cm³/mol. The zero-order chi connectivity index (χ0) is 22.2. The van der Waals surface area contributed by atoms with Crippen LogP contribution in [0.2, 0.25) is 0 Å². The van der Waals surface area contributed by atoms with E-state index < -0.39 is 17.3 Å². The Labute approximate surface area is 179 Å². The molecule has 0 aliphatic rings. The Bertz CT molecular complexity index is 1350. The van der Waals surface area contributed by atoms with Crippen molar-refractivity contribution in [3.05, 3.63) is 65.1 Å². The van der Waals surface area contributed by atoms with Crippen molar-refractivity contribution in [3.8, 4) is 16.9 Å². The molecule has 31 heavy (non-hydrogen) atoms. The van der Waals surface area contributed by atoms with Crippen LogP contribution in [0.25, 0.3) is 32.9 Å². The number of nitrogens with zero attached hydrogens (tertiary/aromatic N) is 1. The van der Waals surface area contributed by atoms with E-state index in [9.17, 15) is 9.59 Å². The molecular weight excluding hydrogens is 394 g/mol. The highest BCUT2D eigenvalue weighted by Crippen LogP contribution is 2.36. The van der Waals surface area contributed by atoms with E-state index in [1.165, 1.54) is 0 Å². The highest BCUT2D eigenvalue weighted by molar-refractivity contribution is 6.12. The normalized spacial score (nSPS) is 11.5. The van der Waals surface area contributed by atoms with E-state index in [1.807, 2.05) is 48.5 Å². The maximum Gasteiger partial charge on any atom is 0.412 e. The van der Waals surface area contributed by atoms with Gasteiger partial charge in [-0.3, -0.25) is 15.1 Å². The first-order chi connectivity index (χ1) is 14.8. The second-order valence-corrected chi connectivity index (χ2v) is 8.12. The molecule has 0 bridgehead atoms. The number of hydrogen-bond acceptors (Lipinski definition) is 5. The first-order valence-electron chi connectivity index (χ1n) is 9.85. The van der Waals surface area contributed by atoms with Crippen molar-refractivity contribution < 1.29 is 14.3 Å². The summed E-state index contributed by atoms with van der Waals surface area (Å²) in [4.78, 5) is 32.9. The third kappa shape index (κ3) is 4.07. The Hall–Kier alpha value is -3.87. The number of fused-ring (bicyclic) bond motifs is 3. The molecule has 4 aromatic rings. The lowest BCUT2D eigenvalue weighted by molar-refractivity contribution is 0.0636. The van der Waals surface area contributed by atoms with Gasteiger partial charge in [0.2, 0.25) is 0 Å². The number of nitrogens with one attached hydrogen (secondary N) is 2. The Balaban J connectivity index is 2.02. The fourth-order valence-electron chi connectivity index (χ4n) is 3.52. The van der Waals surface area contributed by atoms with E-state index >= 15 is 0 Å². The second-order valence-electron chi connectivity index (χ2n) is 8.12. The highest BCUT2D eigenvalue weighted by Gasteiger charge is 2.22. The van der Waals surface area contributed by atoms with E-state index in [2.05, 4.69) is 15.3 Å². The van der Waals surface area contributed by atoms with Crippen molar-refractivity contribution in [2.45, 2.75) is 26.4 Å². The van der Waals surface area contributed by atoms with Gasteiger partial charge in [-0.05, 0) is 62.7 Å². The predicted octanol–water partition coefficient (Wildman–Crippen LogP) is 5.10. The topological polar surface area (TPSA) is 93.3 Å². The maximum atomic E-state index is 13.1. The number of benzene rings is 2. The van der Waals surface area contributed by atoms with E-state index in [-0.39, 0.29) is 5.69 Å². The van der Waals surface area contributed by atoms with Crippen LogP contribution in [0.3, 0.4) is 0 Å². The lowest BCUT2D eigenvalue weighted by atomic mass is 9.97. The van der Waals surface area contributed by atoms with Gasteiger partial charge in [-0.1, -0.05) is 12.1 Å². The van der Waals surface area contributed by atoms with Gasteiger partial charge < -0.3 is 14.5 Å². The molecule has 0 aliphatic heterocycles. The number of ether oxygens (including phenoxy) is 2. The van der Waals surface area contributed by atoms with Crippen LogP contribution in [0.1, 0.15) is 20.8 Å². The minimum Gasteiger partial charge on any atom is -0.497 e. The van der Waals surface area contributed by atoms with E-state index in [4.69, 9.17) is 9.47 Å². The number of amides is 1. The van der Waals surface area contributed by atoms with E-state index in [0.717, 1.165) is 21.9 Å². The number of rotatable bonds is 3. The highest BCUT2D eigenvalue weighted by atomic mass is 16.6. The lowest BCUT2D eigenvalue weighted by Gasteiger charge is -2.21. The zero-order valence-corrected chi connectivity index (χ0v) is 17.8. The second kappa shape index (κ2) is 7.75. The van der Waals surface area contributed by atoms with Crippen molar-refractivity contribution in [3.63, 3.8) is 0 Å². The maximum absolute atomic E-state index is 13.1. The van der Waals surface area contributed by atoms with Gasteiger partial charge in [0, 0.05) is 22.5 Å². The van der Waals surface area contributed by atoms with Crippen molar-refractivity contribution in [1.29, 1.82) is 0 Å². The number of H-pyrrole nitrogens is 1. The molecular formula is C24H23N3O4. The van der Waals surface area contributed by atoms with Crippen molar-refractivity contribution in [1.82, 2.24) is 9.97 Å². The Morgan fingerprint density at radius 2 is 1.87 bits per heavy atom. The van der Waals surface area contributed by atoms with Gasteiger partial charge in [0.1, 0.15) is 17.0 Å². The fourth-order valence-corrected chi connectivity index (χ4v) is 3.52. The summed E-state index contributed by atoms with van der Waals surface area (Å²) in [6.07, 6.45) is 0.997. The molecule has 4 rings (SSSR count). The summed E-state index contributed by atoms with van der Waals surface area (Å²) in [5.41, 5.74) is 1.68. The first-order valence-corrected chi connectivity index (χ1v) is 9.85. The standard InChI is InChI=1S/C24H23N3O4/c1-24(2,3)31-23(29)27-21-19(14-7-5-8-15(13-14)30-4)17-10-11-18-16(9-6-12-25-18)20(17)26-22(21)28/h5-13H,1-4H3,(H,26,28)(H,27,29). The van der Waals surface area contributed by atoms with Crippen LogP contribution in [0.4, 0.5) is 10.5 Å². The molecule has 7 heteroatoms. The van der Waals surface area contributed by atoms with Crippen molar-refractivity contribution in [2.24, 2.45) is 0 Å². The summed E-state index contributed by atoms with van der Waals surface area (Å²) in [5.74, 6) is 0.636. The van der Waals surface area contributed by atoms with Gasteiger partial charge in [-0.2, -0.15) is 0 Å². The van der Waals surface area contributed by atoms with E-state index in [1.54, 1.807) is 34.1 Å². The van der Waals surface area contributed by atoms with Crippen LogP contribution in [-0.4, -0.2) is 28.8 Å². The third-order valence-corrected chi connectivity index (χ3v) is 4.75. The largest absolute Gasteiger partial charge is 0.497 e. The zero-order valence-electron chi connectivity index (χ0n) is 17.8. The Morgan fingerprint density at radius 1 is 1.06 bits per heavy atom. The minimum absolute atomic E-state index is 0.109. The van der Waals surface area contributed by atoms with Gasteiger partial charge in [-0.25, -0.2) is 4.79 Å². The number of aromatic nitrogens is 2. The van der Waals surface area contributed by atoms with Gasteiger partial charge in [-0.15, -0.1) is 0 Å². The van der Waals surface area contributed by atoms with Gasteiger partial charge >= 0.3 is 6.09 Å². The molecule has 0 radical (unpaired) electrons. The quantitative estimate of drug-likeness (QED) is 0.453. The number of anilines is 1. The number of hydrogen-bond donors (Lipinski definition) is 2. The Kier molecular flexibility index (Phi) is 5.10. The van der Waals surface area contributed by atoms with Crippen LogP contribution in [-0.2, 0) is 4.74 Å². The van der Waals surface area contributed by atoms with Crippen LogP contribution in [0.5, 0.6) is 5.75 Å². The molecule has 2 heterocycles. The molecule has 0 saturated carbocycles. The molecule has 0 fully saturated rings. The lowest BCUT2D eigenvalue weighted by Crippen LogP contribution is -2.29. The molecule has 0 atom stereocenters. The van der Waals surface area contributed by atoms with E-state index in [0.29, 0.717) is 16.8 Å². The number of pyridine rings is 2. The minimum atomic E-state index is -0.705. The van der Waals surface area contributed by atoms with Gasteiger partial charge in [0.05, 0.1) is 18.1 Å². The molecule has 158 valence electrons. The molecule has 7 nitrogen and oxygen atoms in total. The monoisotopic (exact) mass is 417 g/mol. The molecule has 0 aliphatic carbocycles. The molecule has 1 amide bonds. The summed E-state index contributed by atoms with van der Waals surface area (Å²) in [7, 11) is 1.58. The van der Waals surface area contributed by atoms with Crippen LogP contribution >= 0.6 is 0 Å². The van der Waals surface area contributed by atoms with Crippen LogP contribution in [0, 0.1) is 0 Å². The SMILES string of the molecule is COc1cccc(-c2c(NC(=O)OC(C)(C)C)c(=O)[nH]c3c2ccc2ncccc23)c1. The average molecular weight is 417 g/mol. The number of aromatic amines is 1. The summed E-state index contributed by atoms with van der Waals surface area (Å²) < 4.78 is 10.7. The van der Waals surface area contributed by atoms with Gasteiger partial charge in [0.25, 0.3) is 5.56 Å². The van der Waals surface area contributed by atoms with Crippen LogP contribution < -0.4 is 15.6 Å². The van der Waals surface area contributed by atoms with Crippen molar-refractivity contribution >= 4 is 33.6 Å². The number of carbonyl (C=O) groups is 1. The third-order valence-electron chi connectivity index (χ3n) is 4.75. The van der Waals surface area contributed by atoms with Crippen molar-refractivity contribution in [2.75, 3.05) is 12.4 Å².